The predicted molar refractivity (Wildman–Crippen MR) is 86.3 cm³/mol. The number of carbonyl (C=O) groups is 1. The average molecular weight is 324 g/mol. The third kappa shape index (κ3) is 3.87. The summed E-state index contributed by atoms with van der Waals surface area (Å²) in [6.07, 6.45) is 2.03. The van der Waals surface area contributed by atoms with Crippen LogP contribution < -0.4 is 4.72 Å². The maximum Gasteiger partial charge on any atom is 0.254 e. The first-order chi connectivity index (χ1) is 10.3. The van der Waals surface area contributed by atoms with Gasteiger partial charge >= 0.3 is 0 Å². The van der Waals surface area contributed by atoms with Gasteiger partial charge in [-0.3, -0.25) is 4.79 Å². The van der Waals surface area contributed by atoms with Crippen molar-refractivity contribution in [1.82, 2.24) is 9.62 Å². The van der Waals surface area contributed by atoms with Crippen LogP contribution in [0.4, 0.5) is 0 Å². The number of aryl methyl sites for hydroxylation is 1. The Morgan fingerprint density at radius 2 is 1.91 bits per heavy atom. The number of hydrogen-bond donors (Lipinski definition) is 1. The molecule has 0 saturated carbocycles. The number of likely N-dealkylation sites (tertiary alicyclic amines) is 1. The third-order valence-electron chi connectivity index (χ3n) is 3.82. The average Bonchev–Trinajstić information content (AvgIpc) is 2.99. The van der Waals surface area contributed by atoms with E-state index in [1.807, 2.05) is 20.8 Å². The van der Waals surface area contributed by atoms with Gasteiger partial charge in [-0.25, -0.2) is 13.1 Å². The van der Waals surface area contributed by atoms with Crippen LogP contribution in [-0.4, -0.2) is 38.9 Å². The SMILES string of the molecule is Cc1ccc(S(=O)(=O)NCC(C)C)cc1C(=O)N1CCCC1. The number of benzene rings is 1. The Morgan fingerprint density at radius 1 is 1.27 bits per heavy atom. The summed E-state index contributed by atoms with van der Waals surface area (Å²) in [4.78, 5) is 14.5. The van der Waals surface area contributed by atoms with Crippen LogP contribution >= 0.6 is 0 Å². The third-order valence-corrected chi connectivity index (χ3v) is 5.25. The first kappa shape index (κ1) is 17.0. The molecule has 0 bridgehead atoms. The van der Waals surface area contributed by atoms with Crippen LogP contribution in [0.5, 0.6) is 0 Å². The highest BCUT2D eigenvalue weighted by atomic mass is 32.2. The molecule has 0 aliphatic carbocycles. The molecule has 1 aliphatic rings. The van der Waals surface area contributed by atoms with Gasteiger partial charge in [0, 0.05) is 25.2 Å². The van der Waals surface area contributed by atoms with Gasteiger partial charge in [0.25, 0.3) is 5.91 Å². The van der Waals surface area contributed by atoms with E-state index in [2.05, 4.69) is 4.72 Å². The molecule has 0 atom stereocenters. The minimum Gasteiger partial charge on any atom is -0.339 e. The molecule has 1 saturated heterocycles. The second-order valence-corrected chi connectivity index (χ2v) is 7.99. The maximum absolute atomic E-state index is 12.5. The zero-order valence-electron chi connectivity index (χ0n) is 13.4. The van der Waals surface area contributed by atoms with Gasteiger partial charge in [-0.2, -0.15) is 0 Å². The fourth-order valence-electron chi connectivity index (χ4n) is 2.45. The Balaban J connectivity index is 2.28. The Morgan fingerprint density at radius 3 is 2.50 bits per heavy atom. The molecule has 0 aromatic heterocycles. The largest absolute Gasteiger partial charge is 0.339 e. The van der Waals surface area contributed by atoms with Gasteiger partial charge in [-0.1, -0.05) is 19.9 Å². The molecule has 2 rings (SSSR count). The van der Waals surface area contributed by atoms with E-state index in [9.17, 15) is 13.2 Å². The molecule has 1 aliphatic heterocycles. The molecule has 6 heteroatoms. The van der Waals surface area contributed by atoms with Crippen molar-refractivity contribution in [3.8, 4) is 0 Å². The lowest BCUT2D eigenvalue weighted by molar-refractivity contribution is 0.0792. The lowest BCUT2D eigenvalue weighted by Crippen LogP contribution is -2.30. The summed E-state index contributed by atoms with van der Waals surface area (Å²) in [6.45, 7) is 7.61. The number of nitrogens with zero attached hydrogens (tertiary/aromatic N) is 1. The number of rotatable bonds is 5. The molecule has 1 N–H and O–H groups in total. The fraction of sp³-hybridized carbons (Fsp3) is 0.562. The zero-order valence-corrected chi connectivity index (χ0v) is 14.2. The number of carbonyl (C=O) groups excluding carboxylic acids is 1. The van der Waals surface area contributed by atoms with Crippen LogP contribution in [0.25, 0.3) is 0 Å². The first-order valence-electron chi connectivity index (χ1n) is 7.71. The molecular formula is C16H24N2O3S. The number of nitrogens with one attached hydrogen (secondary N) is 1. The molecule has 22 heavy (non-hydrogen) atoms. The van der Waals surface area contributed by atoms with Gasteiger partial charge in [0.2, 0.25) is 10.0 Å². The van der Waals surface area contributed by atoms with Crippen molar-refractivity contribution in [3.63, 3.8) is 0 Å². The first-order valence-corrected chi connectivity index (χ1v) is 9.19. The highest BCUT2D eigenvalue weighted by molar-refractivity contribution is 7.89. The van der Waals surface area contributed by atoms with Crippen LogP contribution in [0.15, 0.2) is 23.1 Å². The van der Waals surface area contributed by atoms with Crippen LogP contribution in [-0.2, 0) is 10.0 Å². The lowest BCUT2D eigenvalue weighted by Gasteiger charge is -2.17. The number of amides is 1. The van der Waals surface area contributed by atoms with E-state index in [1.54, 1.807) is 17.0 Å². The predicted octanol–water partition coefficient (Wildman–Crippen LogP) is 2.17. The molecule has 0 radical (unpaired) electrons. The maximum atomic E-state index is 12.5. The fourth-order valence-corrected chi connectivity index (χ4v) is 3.69. The van der Waals surface area contributed by atoms with E-state index in [0.717, 1.165) is 31.5 Å². The topological polar surface area (TPSA) is 66.5 Å². The Bertz CT molecular complexity index is 647. The summed E-state index contributed by atoms with van der Waals surface area (Å²) in [5.41, 5.74) is 1.29. The van der Waals surface area contributed by atoms with Gasteiger partial charge in [-0.15, -0.1) is 0 Å². The van der Waals surface area contributed by atoms with Crippen molar-refractivity contribution >= 4 is 15.9 Å². The highest BCUT2D eigenvalue weighted by Gasteiger charge is 2.23. The van der Waals surface area contributed by atoms with Crippen LogP contribution in [0, 0.1) is 12.8 Å². The second kappa shape index (κ2) is 6.79. The van der Waals surface area contributed by atoms with Crippen molar-refractivity contribution in [1.29, 1.82) is 0 Å². The summed E-state index contributed by atoms with van der Waals surface area (Å²) < 4.78 is 27.2. The van der Waals surface area contributed by atoms with Gasteiger partial charge in [0.1, 0.15) is 0 Å². The van der Waals surface area contributed by atoms with Crippen molar-refractivity contribution in [2.75, 3.05) is 19.6 Å². The van der Waals surface area contributed by atoms with E-state index >= 15 is 0 Å². The molecule has 1 amide bonds. The van der Waals surface area contributed by atoms with E-state index in [-0.39, 0.29) is 16.7 Å². The number of sulfonamides is 1. The van der Waals surface area contributed by atoms with E-state index < -0.39 is 10.0 Å². The van der Waals surface area contributed by atoms with E-state index in [4.69, 9.17) is 0 Å². The molecule has 1 aromatic rings. The van der Waals surface area contributed by atoms with Crippen LogP contribution in [0.1, 0.15) is 42.6 Å². The molecule has 1 aromatic carbocycles. The summed E-state index contributed by atoms with van der Waals surface area (Å²) in [5, 5.41) is 0. The second-order valence-electron chi connectivity index (χ2n) is 6.22. The van der Waals surface area contributed by atoms with Crippen molar-refractivity contribution < 1.29 is 13.2 Å². The Hall–Kier alpha value is -1.40. The highest BCUT2D eigenvalue weighted by Crippen LogP contribution is 2.20. The Kier molecular flexibility index (Phi) is 5.24. The van der Waals surface area contributed by atoms with E-state index in [0.29, 0.717) is 12.1 Å². The zero-order chi connectivity index (χ0) is 16.3. The smallest absolute Gasteiger partial charge is 0.254 e. The molecule has 1 fully saturated rings. The van der Waals surface area contributed by atoms with Crippen molar-refractivity contribution in [3.05, 3.63) is 29.3 Å². The minimum absolute atomic E-state index is 0.0732. The molecular weight excluding hydrogens is 300 g/mol. The molecule has 1 heterocycles. The molecule has 0 unspecified atom stereocenters. The molecule has 5 nitrogen and oxygen atoms in total. The summed E-state index contributed by atoms with van der Waals surface area (Å²) >= 11 is 0. The molecule has 122 valence electrons. The minimum atomic E-state index is -3.57. The summed E-state index contributed by atoms with van der Waals surface area (Å²) in [7, 11) is -3.57. The monoisotopic (exact) mass is 324 g/mol. The van der Waals surface area contributed by atoms with Gasteiger partial charge in [0.05, 0.1) is 4.90 Å². The Labute approximate surface area is 132 Å². The molecule has 0 spiro atoms. The normalized spacial score (nSPS) is 15.5. The standard InChI is InChI=1S/C16H24N2O3S/c1-12(2)11-17-22(20,21)14-7-6-13(3)15(10-14)16(19)18-8-4-5-9-18/h6-7,10,12,17H,4-5,8-9,11H2,1-3H3. The van der Waals surface area contributed by atoms with Gasteiger partial charge in [0.15, 0.2) is 0 Å². The van der Waals surface area contributed by atoms with Crippen molar-refractivity contribution in [2.45, 2.75) is 38.5 Å². The van der Waals surface area contributed by atoms with Crippen molar-refractivity contribution in [2.24, 2.45) is 5.92 Å². The lowest BCUT2D eigenvalue weighted by atomic mass is 10.1. The van der Waals surface area contributed by atoms with Gasteiger partial charge < -0.3 is 4.90 Å². The van der Waals surface area contributed by atoms with Crippen LogP contribution in [0.2, 0.25) is 0 Å². The van der Waals surface area contributed by atoms with Crippen LogP contribution in [0.3, 0.4) is 0 Å². The number of hydrogen-bond acceptors (Lipinski definition) is 3. The van der Waals surface area contributed by atoms with Gasteiger partial charge in [-0.05, 0) is 43.4 Å². The van der Waals surface area contributed by atoms with E-state index in [1.165, 1.54) is 6.07 Å². The summed E-state index contributed by atoms with van der Waals surface area (Å²) in [5.74, 6) is 0.154. The quantitative estimate of drug-likeness (QED) is 0.902. The summed E-state index contributed by atoms with van der Waals surface area (Å²) in [6, 6.07) is 4.75.